The van der Waals surface area contributed by atoms with Crippen LogP contribution in [0.15, 0.2) is 35.3 Å². The lowest BCUT2D eigenvalue weighted by Gasteiger charge is -2.34. The van der Waals surface area contributed by atoms with Gasteiger partial charge in [-0.1, -0.05) is 30.3 Å². The number of benzene rings is 1. The molecule has 130 valence electrons. The molecule has 23 heavy (non-hydrogen) atoms. The van der Waals surface area contributed by atoms with Crippen LogP contribution in [0.3, 0.4) is 0 Å². The Morgan fingerprint density at radius 2 is 1.96 bits per heavy atom. The number of aryl methyl sites for hydroxylation is 1. The highest BCUT2D eigenvalue weighted by atomic mass is 127. The summed E-state index contributed by atoms with van der Waals surface area (Å²) in [5, 5.41) is 3.49. The van der Waals surface area contributed by atoms with E-state index in [1.807, 2.05) is 7.05 Å². The van der Waals surface area contributed by atoms with Gasteiger partial charge in [-0.15, -0.1) is 24.0 Å². The third-order valence-electron chi connectivity index (χ3n) is 4.12. The van der Waals surface area contributed by atoms with E-state index in [0.29, 0.717) is 6.10 Å². The third-order valence-corrected chi connectivity index (χ3v) is 4.12. The van der Waals surface area contributed by atoms with Crippen molar-refractivity contribution in [3.8, 4) is 0 Å². The van der Waals surface area contributed by atoms with E-state index < -0.39 is 0 Å². The Labute approximate surface area is 157 Å². The Morgan fingerprint density at radius 3 is 2.57 bits per heavy atom. The lowest BCUT2D eigenvalue weighted by Crippen LogP contribution is -2.47. The molecule has 1 fully saturated rings. The van der Waals surface area contributed by atoms with Gasteiger partial charge < -0.3 is 15.0 Å². The Balaban J connectivity index is 0.00000264. The quantitative estimate of drug-likeness (QED) is 0.325. The zero-order chi connectivity index (χ0) is 15.6. The molecule has 1 N–H and O–H groups in total. The van der Waals surface area contributed by atoms with Crippen LogP contribution in [0.1, 0.15) is 31.7 Å². The van der Waals surface area contributed by atoms with Gasteiger partial charge in [0.2, 0.25) is 0 Å². The van der Waals surface area contributed by atoms with E-state index >= 15 is 0 Å². The Hall–Kier alpha value is -0.820. The molecule has 4 nitrogen and oxygen atoms in total. The lowest BCUT2D eigenvalue weighted by atomic mass is 10.1. The van der Waals surface area contributed by atoms with Crippen LogP contribution < -0.4 is 5.32 Å². The predicted molar refractivity (Wildman–Crippen MR) is 108 cm³/mol. The Morgan fingerprint density at radius 1 is 1.26 bits per heavy atom. The summed E-state index contributed by atoms with van der Waals surface area (Å²) in [5.74, 6) is 1.03. The molecule has 5 heteroatoms. The van der Waals surface area contributed by atoms with Crippen molar-refractivity contribution >= 4 is 29.9 Å². The second-order valence-electron chi connectivity index (χ2n) is 5.70. The second kappa shape index (κ2) is 11.7. The average molecular weight is 431 g/mol. The number of likely N-dealkylation sites (tertiary alicyclic amines) is 1. The first-order valence-electron chi connectivity index (χ1n) is 8.44. The number of nitrogens with one attached hydrogen (secondary N) is 1. The SMILES string of the molecule is CCOC1CCN(C(=NC)NCCCc2ccccc2)CC1.I. The summed E-state index contributed by atoms with van der Waals surface area (Å²) in [4.78, 5) is 6.76. The lowest BCUT2D eigenvalue weighted by molar-refractivity contribution is 0.0264. The molecule has 0 unspecified atom stereocenters. The number of ether oxygens (including phenoxy) is 1. The topological polar surface area (TPSA) is 36.9 Å². The van der Waals surface area contributed by atoms with E-state index in [0.717, 1.165) is 57.9 Å². The fourth-order valence-electron chi connectivity index (χ4n) is 2.94. The highest BCUT2D eigenvalue weighted by molar-refractivity contribution is 14.0. The van der Waals surface area contributed by atoms with E-state index in [1.165, 1.54) is 5.56 Å². The first-order chi connectivity index (χ1) is 10.8. The van der Waals surface area contributed by atoms with Gasteiger partial charge in [0.05, 0.1) is 6.10 Å². The molecule has 0 aromatic heterocycles. The van der Waals surface area contributed by atoms with Gasteiger partial charge >= 0.3 is 0 Å². The summed E-state index contributed by atoms with van der Waals surface area (Å²) in [6.07, 6.45) is 4.85. The fourth-order valence-corrected chi connectivity index (χ4v) is 2.94. The van der Waals surface area contributed by atoms with Gasteiger partial charge in [-0.2, -0.15) is 0 Å². The van der Waals surface area contributed by atoms with Gasteiger partial charge in [0.25, 0.3) is 0 Å². The van der Waals surface area contributed by atoms with Crippen molar-refractivity contribution < 1.29 is 4.74 Å². The number of guanidine groups is 1. The third kappa shape index (κ3) is 7.08. The normalized spacial score (nSPS) is 16.1. The number of halogens is 1. The van der Waals surface area contributed by atoms with Crippen molar-refractivity contribution in [2.24, 2.45) is 4.99 Å². The summed E-state index contributed by atoms with van der Waals surface area (Å²) < 4.78 is 5.71. The van der Waals surface area contributed by atoms with Crippen LogP contribution in [0.4, 0.5) is 0 Å². The Kier molecular flexibility index (Phi) is 10.3. The van der Waals surface area contributed by atoms with Gasteiger partial charge in [0.15, 0.2) is 5.96 Å². The molecule has 0 spiro atoms. The molecule has 1 aromatic carbocycles. The van der Waals surface area contributed by atoms with Crippen molar-refractivity contribution in [1.82, 2.24) is 10.2 Å². The molecule has 1 aliphatic heterocycles. The summed E-state index contributed by atoms with van der Waals surface area (Å²) in [7, 11) is 1.87. The van der Waals surface area contributed by atoms with Gasteiger partial charge in [-0.3, -0.25) is 4.99 Å². The maximum Gasteiger partial charge on any atom is 0.193 e. The molecule has 1 aromatic rings. The summed E-state index contributed by atoms with van der Waals surface area (Å²) >= 11 is 0. The van der Waals surface area contributed by atoms with Crippen LogP contribution in [-0.2, 0) is 11.2 Å². The fraction of sp³-hybridized carbons (Fsp3) is 0.611. The number of aliphatic imine (C=N–C) groups is 1. The second-order valence-corrected chi connectivity index (χ2v) is 5.70. The van der Waals surface area contributed by atoms with Crippen LogP contribution in [0.25, 0.3) is 0 Å². The average Bonchev–Trinajstić information content (AvgIpc) is 2.57. The first kappa shape index (κ1) is 20.2. The summed E-state index contributed by atoms with van der Waals surface area (Å²) in [6, 6.07) is 10.6. The maximum absolute atomic E-state index is 5.71. The van der Waals surface area contributed by atoms with E-state index in [-0.39, 0.29) is 24.0 Å². The van der Waals surface area contributed by atoms with Crippen LogP contribution in [0.5, 0.6) is 0 Å². The molecule has 2 rings (SSSR count). The predicted octanol–water partition coefficient (Wildman–Crippen LogP) is 3.31. The van der Waals surface area contributed by atoms with Crippen LogP contribution in [-0.4, -0.2) is 50.3 Å². The number of piperidine rings is 1. The number of hydrogen-bond donors (Lipinski definition) is 1. The minimum absolute atomic E-state index is 0. The van der Waals surface area contributed by atoms with Crippen molar-refractivity contribution in [1.29, 1.82) is 0 Å². The first-order valence-corrected chi connectivity index (χ1v) is 8.44. The molecular formula is C18H30IN3O. The zero-order valence-corrected chi connectivity index (χ0v) is 16.7. The number of nitrogens with zero attached hydrogens (tertiary/aromatic N) is 2. The summed E-state index contributed by atoms with van der Waals surface area (Å²) in [6.45, 7) is 5.91. The zero-order valence-electron chi connectivity index (χ0n) is 14.3. The molecule has 1 saturated heterocycles. The highest BCUT2D eigenvalue weighted by Crippen LogP contribution is 2.13. The smallest absolute Gasteiger partial charge is 0.193 e. The van der Waals surface area contributed by atoms with Crippen LogP contribution in [0.2, 0.25) is 0 Å². The van der Waals surface area contributed by atoms with E-state index in [4.69, 9.17) is 4.74 Å². The molecular weight excluding hydrogens is 401 g/mol. The molecule has 0 bridgehead atoms. The standard InChI is InChI=1S/C18H29N3O.HI/c1-3-22-17-11-14-21(15-12-17)18(19-2)20-13-7-10-16-8-5-4-6-9-16;/h4-6,8-9,17H,3,7,10-15H2,1-2H3,(H,19,20);1H. The van der Waals surface area contributed by atoms with Crippen molar-refractivity contribution in [2.75, 3.05) is 33.3 Å². The molecule has 1 aliphatic rings. The molecule has 0 radical (unpaired) electrons. The van der Waals surface area contributed by atoms with E-state index in [9.17, 15) is 0 Å². The molecule has 0 aliphatic carbocycles. The molecule has 0 amide bonds. The molecule has 1 heterocycles. The van der Waals surface area contributed by atoms with E-state index in [2.05, 4.69) is 52.5 Å². The molecule has 0 saturated carbocycles. The summed E-state index contributed by atoms with van der Waals surface area (Å²) in [5.41, 5.74) is 1.40. The van der Waals surface area contributed by atoms with Gasteiger partial charge in [-0.05, 0) is 38.2 Å². The minimum atomic E-state index is 0. The largest absolute Gasteiger partial charge is 0.378 e. The number of hydrogen-bond acceptors (Lipinski definition) is 2. The van der Waals surface area contributed by atoms with Gasteiger partial charge in [-0.25, -0.2) is 0 Å². The van der Waals surface area contributed by atoms with Crippen LogP contribution in [0, 0.1) is 0 Å². The van der Waals surface area contributed by atoms with Crippen molar-refractivity contribution in [2.45, 2.75) is 38.7 Å². The van der Waals surface area contributed by atoms with Crippen LogP contribution >= 0.6 is 24.0 Å². The maximum atomic E-state index is 5.71. The monoisotopic (exact) mass is 431 g/mol. The van der Waals surface area contributed by atoms with Gasteiger partial charge in [0, 0.05) is 33.3 Å². The van der Waals surface area contributed by atoms with E-state index in [1.54, 1.807) is 0 Å². The van der Waals surface area contributed by atoms with Crippen molar-refractivity contribution in [3.63, 3.8) is 0 Å². The van der Waals surface area contributed by atoms with Crippen molar-refractivity contribution in [3.05, 3.63) is 35.9 Å². The number of rotatable bonds is 6. The molecule has 0 atom stereocenters. The van der Waals surface area contributed by atoms with Gasteiger partial charge in [0.1, 0.15) is 0 Å². The Bertz CT molecular complexity index is 445. The minimum Gasteiger partial charge on any atom is -0.378 e. The highest BCUT2D eigenvalue weighted by Gasteiger charge is 2.21.